The highest BCUT2D eigenvalue weighted by molar-refractivity contribution is 7.92. The van der Waals surface area contributed by atoms with Crippen molar-refractivity contribution in [3.05, 3.63) is 89.5 Å². The number of rotatable bonds is 8. The molecule has 32 heavy (non-hydrogen) atoms. The van der Waals surface area contributed by atoms with Crippen LogP contribution in [-0.4, -0.2) is 34.2 Å². The summed E-state index contributed by atoms with van der Waals surface area (Å²) in [5.74, 6) is 0.150. The first kappa shape index (κ1) is 23.0. The number of carbonyl (C=O) groups excluding carboxylic acids is 1. The van der Waals surface area contributed by atoms with Crippen LogP contribution in [0, 0.1) is 13.8 Å². The lowest BCUT2D eigenvalue weighted by Gasteiger charge is -2.25. The number of hydrogen-bond acceptors (Lipinski definition) is 5. The highest BCUT2D eigenvalue weighted by Crippen LogP contribution is 2.27. The first-order valence-electron chi connectivity index (χ1n) is 9.92. The lowest BCUT2D eigenvalue weighted by molar-refractivity contribution is -0.119. The normalized spacial score (nSPS) is 11.3. The largest absolute Gasteiger partial charge is 0.497 e. The van der Waals surface area contributed by atoms with Gasteiger partial charge in [0.05, 0.1) is 23.9 Å². The summed E-state index contributed by atoms with van der Waals surface area (Å²) in [6, 6.07) is 20.7. The monoisotopic (exact) mass is 451 g/mol. The van der Waals surface area contributed by atoms with Crippen LogP contribution < -0.4 is 14.5 Å². The maximum atomic E-state index is 13.4. The second-order valence-corrected chi connectivity index (χ2v) is 9.04. The van der Waals surface area contributed by atoms with Crippen molar-refractivity contribution in [1.29, 1.82) is 0 Å². The number of anilines is 1. The second-order valence-electron chi connectivity index (χ2n) is 7.18. The summed E-state index contributed by atoms with van der Waals surface area (Å²) in [7, 11) is -2.39. The standard InChI is InChI=1S/C24H25N3O4S/c1-18-9-10-19(2)23(15-18)27(32(29,30)22-7-5-4-6-8-22)17-24(28)26-25-16-20-11-13-21(31-3)14-12-20/h4-16H,17H2,1-3H3,(H,26,28)/b25-16-. The van der Waals surface area contributed by atoms with E-state index in [1.165, 1.54) is 18.3 Å². The van der Waals surface area contributed by atoms with Crippen LogP contribution in [0.4, 0.5) is 5.69 Å². The van der Waals surface area contributed by atoms with Gasteiger partial charge in [0.2, 0.25) is 0 Å². The van der Waals surface area contributed by atoms with Crippen LogP contribution in [0.3, 0.4) is 0 Å². The molecule has 166 valence electrons. The van der Waals surface area contributed by atoms with Gasteiger partial charge in [-0.1, -0.05) is 30.3 Å². The number of aryl methyl sites for hydroxylation is 2. The zero-order valence-corrected chi connectivity index (χ0v) is 19.0. The molecule has 0 bridgehead atoms. The molecule has 1 amide bonds. The molecule has 0 fully saturated rings. The first-order valence-corrected chi connectivity index (χ1v) is 11.4. The predicted molar refractivity (Wildman–Crippen MR) is 126 cm³/mol. The number of sulfonamides is 1. The molecule has 0 saturated heterocycles. The molecular weight excluding hydrogens is 426 g/mol. The molecule has 8 heteroatoms. The fourth-order valence-electron chi connectivity index (χ4n) is 3.04. The van der Waals surface area contributed by atoms with E-state index >= 15 is 0 Å². The molecule has 0 aromatic heterocycles. The third kappa shape index (κ3) is 5.53. The molecular formula is C24H25N3O4S. The van der Waals surface area contributed by atoms with Gasteiger partial charge in [-0.2, -0.15) is 5.10 Å². The SMILES string of the molecule is COc1ccc(/C=N\NC(=O)CN(c2cc(C)ccc2C)S(=O)(=O)c2ccccc2)cc1. The molecule has 7 nitrogen and oxygen atoms in total. The Bertz CT molecular complexity index is 1210. The maximum absolute atomic E-state index is 13.4. The third-order valence-electron chi connectivity index (χ3n) is 4.77. The topological polar surface area (TPSA) is 88.1 Å². The third-order valence-corrected chi connectivity index (χ3v) is 6.54. The Hall–Kier alpha value is -3.65. The van der Waals surface area contributed by atoms with Gasteiger partial charge < -0.3 is 4.74 Å². The highest BCUT2D eigenvalue weighted by atomic mass is 32.2. The molecule has 3 aromatic rings. The van der Waals surface area contributed by atoms with Crippen molar-refractivity contribution < 1.29 is 17.9 Å². The van der Waals surface area contributed by atoms with Crippen molar-refractivity contribution in [1.82, 2.24) is 5.43 Å². The van der Waals surface area contributed by atoms with E-state index in [0.717, 1.165) is 21.0 Å². The average molecular weight is 452 g/mol. The first-order chi connectivity index (χ1) is 15.3. The van der Waals surface area contributed by atoms with E-state index in [9.17, 15) is 13.2 Å². The van der Waals surface area contributed by atoms with Gasteiger partial charge in [0.1, 0.15) is 12.3 Å². The zero-order valence-electron chi connectivity index (χ0n) is 18.1. The fourth-order valence-corrected chi connectivity index (χ4v) is 4.54. The van der Waals surface area contributed by atoms with Gasteiger partial charge in [-0.15, -0.1) is 0 Å². The smallest absolute Gasteiger partial charge is 0.264 e. The van der Waals surface area contributed by atoms with Gasteiger partial charge in [-0.3, -0.25) is 9.10 Å². The van der Waals surface area contributed by atoms with Crippen LogP contribution in [0.1, 0.15) is 16.7 Å². The number of carbonyl (C=O) groups is 1. The zero-order chi connectivity index (χ0) is 23.1. The average Bonchev–Trinajstić information content (AvgIpc) is 2.80. The summed E-state index contributed by atoms with van der Waals surface area (Å²) >= 11 is 0. The van der Waals surface area contributed by atoms with Gasteiger partial charge in [-0.05, 0) is 73.0 Å². The van der Waals surface area contributed by atoms with Gasteiger partial charge in [-0.25, -0.2) is 13.8 Å². The minimum atomic E-state index is -3.97. The van der Waals surface area contributed by atoms with Crippen molar-refractivity contribution in [2.45, 2.75) is 18.7 Å². The Labute approximate surface area is 188 Å². The van der Waals surface area contributed by atoms with E-state index in [2.05, 4.69) is 10.5 Å². The molecule has 3 rings (SSSR count). The molecule has 0 aliphatic carbocycles. The van der Waals surface area contributed by atoms with Gasteiger partial charge in [0.25, 0.3) is 15.9 Å². The van der Waals surface area contributed by atoms with Crippen LogP contribution in [0.5, 0.6) is 5.75 Å². The Kier molecular flexibility index (Phi) is 7.27. The lowest BCUT2D eigenvalue weighted by Crippen LogP contribution is -2.40. The number of nitrogens with zero attached hydrogens (tertiary/aromatic N) is 2. The van der Waals surface area contributed by atoms with Gasteiger partial charge in [0, 0.05) is 0 Å². The molecule has 0 saturated carbocycles. The number of nitrogens with one attached hydrogen (secondary N) is 1. The van der Waals surface area contributed by atoms with E-state index in [4.69, 9.17) is 4.74 Å². The summed E-state index contributed by atoms with van der Waals surface area (Å²) in [5, 5.41) is 3.95. The van der Waals surface area contributed by atoms with Crippen LogP contribution in [-0.2, 0) is 14.8 Å². The van der Waals surface area contributed by atoms with E-state index < -0.39 is 22.5 Å². The number of amides is 1. The Morgan fingerprint density at radius 2 is 1.72 bits per heavy atom. The van der Waals surface area contributed by atoms with Gasteiger partial charge in [0.15, 0.2) is 0 Å². The van der Waals surface area contributed by atoms with Crippen molar-refractivity contribution in [2.24, 2.45) is 5.10 Å². The molecule has 0 aliphatic heterocycles. The summed E-state index contributed by atoms with van der Waals surface area (Å²) in [4.78, 5) is 12.7. The summed E-state index contributed by atoms with van der Waals surface area (Å²) in [5.41, 5.74) is 5.24. The number of benzene rings is 3. The minimum absolute atomic E-state index is 0.107. The number of ether oxygens (including phenoxy) is 1. The number of hydrogen-bond donors (Lipinski definition) is 1. The van der Waals surface area contributed by atoms with E-state index in [1.54, 1.807) is 55.6 Å². The maximum Gasteiger partial charge on any atom is 0.264 e. The summed E-state index contributed by atoms with van der Waals surface area (Å²) < 4.78 is 33.0. The van der Waals surface area contributed by atoms with E-state index in [-0.39, 0.29) is 4.90 Å². The lowest BCUT2D eigenvalue weighted by atomic mass is 10.1. The van der Waals surface area contributed by atoms with Crippen molar-refractivity contribution in [3.8, 4) is 5.75 Å². The molecule has 0 heterocycles. The van der Waals surface area contributed by atoms with E-state index in [1.807, 2.05) is 26.0 Å². The molecule has 3 aromatic carbocycles. The van der Waals surface area contributed by atoms with Crippen LogP contribution >= 0.6 is 0 Å². The molecule has 0 atom stereocenters. The Balaban J connectivity index is 1.84. The van der Waals surface area contributed by atoms with Crippen LogP contribution in [0.25, 0.3) is 0 Å². The van der Waals surface area contributed by atoms with Gasteiger partial charge >= 0.3 is 0 Å². The molecule has 0 spiro atoms. The Morgan fingerprint density at radius 1 is 1.03 bits per heavy atom. The highest BCUT2D eigenvalue weighted by Gasteiger charge is 2.28. The quantitative estimate of drug-likeness (QED) is 0.418. The number of hydrazone groups is 1. The summed E-state index contributed by atoms with van der Waals surface area (Å²) in [6.07, 6.45) is 1.48. The minimum Gasteiger partial charge on any atom is -0.497 e. The van der Waals surface area contributed by atoms with Crippen molar-refractivity contribution in [3.63, 3.8) is 0 Å². The second kappa shape index (κ2) is 10.1. The molecule has 0 aliphatic rings. The molecule has 1 N–H and O–H groups in total. The van der Waals surface area contributed by atoms with Crippen LogP contribution in [0.15, 0.2) is 82.8 Å². The van der Waals surface area contributed by atoms with Crippen molar-refractivity contribution >= 4 is 27.8 Å². The Morgan fingerprint density at radius 3 is 2.38 bits per heavy atom. The van der Waals surface area contributed by atoms with E-state index in [0.29, 0.717) is 11.4 Å². The molecule has 0 radical (unpaired) electrons. The molecule has 0 unspecified atom stereocenters. The number of methoxy groups -OCH3 is 1. The predicted octanol–water partition coefficient (Wildman–Crippen LogP) is 3.66. The summed E-state index contributed by atoms with van der Waals surface area (Å²) in [6.45, 7) is 3.26. The van der Waals surface area contributed by atoms with Crippen LogP contribution in [0.2, 0.25) is 0 Å². The fraction of sp³-hybridized carbons (Fsp3) is 0.167. The van der Waals surface area contributed by atoms with Crippen molar-refractivity contribution in [2.75, 3.05) is 18.0 Å².